The highest BCUT2D eigenvalue weighted by atomic mass is 35.5. The molecule has 3 N–H and O–H groups in total. The van der Waals surface area contributed by atoms with Crippen LogP contribution in [-0.4, -0.2) is 11.9 Å². The molecule has 0 bridgehead atoms. The number of nitrogens with one attached hydrogen (secondary N) is 1. The van der Waals surface area contributed by atoms with Crippen LogP contribution in [0.1, 0.15) is 25.5 Å². The fourth-order valence-corrected chi connectivity index (χ4v) is 2.68. The number of rotatable bonds is 5. The maximum Gasteiger partial charge on any atom is 0.282 e. The monoisotopic (exact) mass is 337 g/mol. The van der Waals surface area contributed by atoms with Crippen molar-refractivity contribution in [2.75, 3.05) is 5.32 Å². The summed E-state index contributed by atoms with van der Waals surface area (Å²) < 4.78 is 0. The van der Waals surface area contributed by atoms with Gasteiger partial charge in [-0.3, -0.25) is 4.79 Å². The van der Waals surface area contributed by atoms with Gasteiger partial charge in [0, 0.05) is 10.6 Å². The Morgan fingerprint density at radius 3 is 2.41 bits per heavy atom. The molecule has 0 saturated heterocycles. The quantitative estimate of drug-likeness (QED) is 0.859. The van der Waals surface area contributed by atoms with Gasteiger partial charge >= 0.3 is 0 Å². The minimum Gasteiger partial charge on any atom is -0.330 e. The third kappa shape index (κ3) is 4.47. The molecule has 116 valence electrons. The summed E-state index contributed by atoms with van der Waals surface area (Å²) in [5.41, 5.74) is 1.76. The van der Waals surface area contributed by atoms with E-state index < -0.39 is 0 Å². The molecular formula is C17H19Cl2N2O+. The summed E-state index contributed by atoms with van der Waals surface area (Å²) >= 11 is 11.9. The average Bonchev–Trinajstić information content (AvgIpc) is 2.50. The molecule has 3 nitrogen and oxygen atoms in total. The number of carbonyl (C=O) groups is 1. The lowest BCUT2D eigenvalue weighted by atomic mass is 10.1. The zero-order valence-electron chi connectivity index (χ0n) is 12.5. The van der Waals surface area contributed by atoms with Gasteiger partial charge in [-0.2, -0.15) is 0 Å². The highest BCUT2D eigenvalue weighted by molar-refractivity contribution is 6.36. The molecule has 0 aliphatic rings. The molecule has 5 heteroatoms. The number of benzene rings is 2. The molecule has 0 spiro atoms. The van der Waals surface area contributed by atoms with Crippen molar-refractivity contribution >= 4 is 34.8 Å². The van der Waals surface area contributed by atoms with Crippen molar-refractivity contribution in [3.8, 4) is 0 Å². The van der Waals surface area contributed by atoms with Gasteiger partial charge in [-0.15, -0.1) is 0 Å². The van der Waals surface area contributed by atoms with Crippen LogP contribution in [0.2, 0.25) is 10.0 Å². The summed E-state index contributed by atoms with van der Waals surface area (Å²) in [5, 5.41) is 5.83. The lowest BCUT2D eigenvalue weighted by Crippen LogP contribution is -2.91. The molecule has 0 fully saturated rings. The molecule has 2 aromatic rings. The van der Waals surface area contributed by atoms with E-state index in [2.05, 4.69) is 24.4 Å². The maximum absolute atomic E-state index is 12.3. The molecule has 0 heterocycles. The van der Waals surface area contributed by atoms with Crippen LogP contribution in [0.5, 0.6) is 0 Å². The van der Waals surface area contributed by atoms with Gasteiger partial charge in [-0.05, 0) is 32.0 Å². The van der Waals surface area contributed by atoms with Crippen molar-refractivity contribution in [1.29, 1.82) is 0 Å². The minimum absolute atomic E-state index is 0.0907. The van der Waals surface area contributed by atoms with Crippen LogP contribution in [0.15, 0.2) is 48.5 Å². The molecule has 0 aliphatic heterocycles. The zero-order valence-corrected chi connectivity index (χ0v) is 14.0. The first-order valence-electron chi connectivity index (χ1n) is 7.13. The number of amides is 1. The Morgan fingerprint density at radius 2 is 1.77 bits per heavy atom. The molecule has 2 rings (SSSR count). The first-order valence-corrected chi connectivity index (χ1v) is 7.89. The number of hydrogen-bond acceptors (Lipinski definition) is 1. The molecule has 2 atom stereocenters. The van der Waals surface area contributed by atoms with Crippen molar-refractivity contribution in [2.45, 2.75) is 25.9 Å². The Kier molecular flexibility index (Phi) is 5.83. The molecule has 0 radical (unpaired) electrons. The summed E-state index contributed by atoms with van der Waals surface area (Å²) in [7, 11) is 0. The summed E-state index contributed by atoms with van der Waals surface area (Å²) in [5.74, 6) is -0.0907. The van der Waals surface area contributed by atoms with Crippen LogP contribution in [-0.2, 0) is 4.79 Å². The first-order chi connectivity index (χ1) is 10.5. The lowest BCUT2D eigenvalue weighted by Gasteiger charge is -2.17. The smallest absolute Gasteiger partial charge is 0.282 e. The second kappa shape index (κ2) is 7.63. The van der Waals surface area contributed by atoms with E-state index in [9.17, 15) is 4.79 Å². The highest BCUT2D eigenvalue weighted by Crippen LogP contribution is 2.25. The van der Waals surface area contributed by atoms with Crippen LogP contribution < -0.4 is 10.6 Å². The Labute approximate surface area is 140 Å². The Bertz CT molecular complexity index is 646. The highest BCUT2D eigenvalue weighted by Gasteiger charge is 2.20. The molecule has 22 heavy (non-hydrogen) atoms. The standard InChI is InChI=1S/C17H18Cl2N2O/c1-11(13-6-4-3-5-7-13)20-12(2)17(22)21-16-9-8-14(18)10-15(16)19/h3-12,20H,1-2H3,(H,21,22)/p+1/t11-,12+/m0/s1. The molecular weight excluding hydrogens is 319 g/mol. The van der Waals surface area contributed by atoms with Gasteiger partial charge in [-0.25, -0.2) is 0 Å². The molecule has 2 aromatic carbocycles. The Balaban J connectivity index is 1.97. The van der Waals surface area contributed by atoms with E-state index in [1.54, 1.807) is 18.2 Å². The summed E-state index contributed by atoms with van der Waals surface area (Å²) in [6, 6.07) is 15.1. The molecule has 0 aliphatic carbocycles. The molecule has 0 aromatic heterocycles. The average molecular weight is 338 g/mol. The van der Waals surface area contributed by atoms with Gasteiger partial charge in [0.15, 0.2) is 6.04 Å². The van der Waals surface area contributed by atoms with E-state index in [0.29, 0.717) is 15.7 Å². The number of quaternary nitrogens is 1. The minimum atomic E-state index is -0.234. The van der Waals surface area contributed by atoms with E-state index in [4.69, 9.17) is 23.2 Å². The van der Waals surface area contributed by atoms with E-state index >= 15 is 0 Å². The summed E-state index contributed by atoms with van der Waals surface area (Å²) in [4.78, 5) is 12.3. The number of carbonyl (C=O) groups excluding carboxylic acids is 1. The number of anilines is 1. The van der Waals surface area contributed by atoms with Gasteiger partial charge in [-0.1, -0.05) is 53.5 Å². The Hall–Kier alpha value is -1.55. The zero-order chi connectivity index (χ0) is 16.1. The number of halogens is 2. The fourth-order valence-electron chi connectivity index (χ4n) is 2.23. The first kappa shape index (κ1) is 16.8. The summed E-state index contributed by atoms with van der Waals surface area (Å²) in [6.07, 6.45) is 0. The topological polar surface area (TPSA) is 45.7 Å². The van der Waals surface area contributed by atoms with E-state index in [1.807, 2.05) is 30.4 Å². The summed E-state index contributed by atoms with van der Waals surface area (Å²) in [6.45, 7) is 3.95. The van der Waals surface area contributed by atoms with Crippen LogP contribution in [0.4, 0.5) is 5.69 Å². The van der Waals surface area contributed by atoms with Crippen LogP contribution in [0.3, 0.4) is 0 Å². The van der Waals surface area contributed by atoms with Crippen LogP contribution >= 0.6 is 23.2 Å². The SMILES string of the molecule is C[C@H]([NH2+][C@H](C)C(=O)Nc1ccc(Cl)cc1Cl)c1ccccc1. The predicted molar refractivity (Wildman–Crippen MR) is 91.3 cm³/mol. The number of hydrogen-bond donors (Lipinski definition) is 2. The van der Waals surface area contributed by atoms with Crippen molar-refractivity contribution in [1.82, 2.24) is 0 Å². The van der Waals surface area contributed by atoms with Gasteiger partial charge < -0.3 is 10.6 Å². The van der Waals surface area contributed by atoms with Crippen LogP contribution in [0.25, 0.3) is 0 Å². The second-order valence-corrected chi connectivity index (χ2v) is 6.14. The normalized spacial score (nSPS) is 13.5. The molecule has 0 saturated carbocycles. The predicted octanol–water partition coefficient (Wildman–Crippen LogP) is 3.65. The third-order valence-corrected chi connectivity index (χ3v) is 4.05. The van der Waals surface area contributed by atoms with Crippen molar-refractivity contribution in [3.05, 3.63) is 64.1 Å². The van der Waals surface area contributed by atoms with E-state index in [-0.39, 0.29) is 18.0 Å². The molecule has 1 amide bonds. The second-order valence-electron chi connectivity index (χ2n) is 5.29. The van der Waals surface area contributed by atoms with Crippen molar-refractivity contribution < 1.29 is 10.1 Å². The maximum atomic E-state index is 12.3. The number of nitrogens with two attached hydrogens (primary N) is 1. The van der Waals surface area contributed by atoms with Crippen LogP contribution in [0, 0.1) is 0 Å². The van der Waals surface area contributed by atoms with Gasteiger partial charge in [0.1, 0.15) is 6.04 Å². The lowest BCUT2D eigenvalue weighted by molar-refractivity contribution is -0.709. The third-order valence-electron chi connectivity index (χ3n) is 3.51. The van der Waals surface area contributed by atoms with E-state index in [0.717, 1.165) is 0 Å². The molecule has 0 unspecified atom stereocenters. The van der Waals surface area contributed by atoms with Gasteiger partial charge in [0.25, 0.3) is 5.91 Å². The largest absolute Gasteiger partial charge is 0.330 e. The van der Waals surface area contributed by atoms with E-state index in [1.165, 1.54) is 5.56 Å². The van der Waals surface area contributed by atoms with Crippen molar-refractivity contribution in [3.63, 3.8) is 0 Å². The fraction of sp³-hybridized carbons (Fsp3) is 0.235. The van der Waals surface area contributed by atoms with Gasteiger partial charge in [0.05, 0.1) is 10.7 Å². The van der Waals surface area contributed by atoms with Gasteiger partial charge in [0.2, 0.25) is 0 Å². The van der Waals surface area contributed by atoms with Crippen molar-refractivity contribution in [2.24, 2.45) is 0 Å². The Morgan fingerprint density at radius 1 is 1.09 bits per heavy atom.